The van der Waals surface area contributed by atoms with Gasteiger partial charge in [-0.15, -0.1) is 0 Å². The van der Waals surface area contributed by atoms with Gasteiger partial charge in [-0.05, 0) is 32.4 Å². The molecule has 84 valence electrons. The van der Waals surface area contributed by atoms with E-state index >= 15 is 0 Å². The summed E-state index contributed by atoms with van der Waals surface area (Å²) in [5.41, 5.74) is 0. The quantitative estimate of drug-likeness (QED) is 0.790. The zero-order valence-corrected chi connectivity index (χ0v) is 9.42. The SMILES string of the molecule is CCCCc1nc(C2CCNCC2)n[nH]1. The molecule has 0 radical (unpaired) electrons. The summed E-state index contributed by atoms with van der Waals surface area (Å²) in [6.07, 6.45) is 5.79. The molecule has 2 N–H and O–H groups in total. The van der Waals surface area contributed by atoms with Gasteiger partial charge in [0, 0.05) is 12.3 Å². The Morgan fingerprint density at radius 2 is 2.13 bits per heavy atom. The zero-order valence-electron chi connectivity index (χ0n) is 9.42. The lowest BCUT2D eigenvalue weighted by atomic mass is 9.98. The van der Waals surface area contributed by atoms with Crippen molar-refractivity contribution < 1.29 is 0 Å². The molecule has 1 aliphatic rings. The molecule has 2 heterocycles. The van der Waals surface area contributed by atoms with Gasteiger partial charge in [-0.1, -0.05) is 13.3 Å². The number of hydrogen-bond acceptors (Lipinski definition) is 3. The van der Waals surface area contributed by atoms with Crippen LogP contribution in [0.25, 0.3) is 0 Å². The average molecular weight is 208 g/mol. The number of aryl methyl sites for hydroxylation is 1. The number of rotatable bonds is 4. The first-order chi connectivity index (χ1) is 7.40. The van der Waals surface area contributed by atoms with Gasteiger partial charge >= 0.3 is 0 Å². The molecule has 15 heavy (non-hydrogen) atoms. The first kappa shape index (κ1) is 10.6. The molecule has 4 heteroatoms. The summed E-state index contributed by atoms with van der Waals surface area (Å²) in [6, 6.07) is 0. The van der Waals surface area contributed by atoms with E-state index in [1.165, 1.54) is 25.7 Å². The fourth-order valence-electron chi connectivity index (χ4n) is 2.03. The van der Waals surface area contributed by atoms with Crippen LogP contribution in [-0.4, -0.2) is 28.3 Å². The van der Waals surface area contributed by atoms with Crippen LogP contribution < -0.4 is 5.32 Å². The molecular weight excluding hydrogens is 188 g/mol. The number of unbranched alkanes of at least 4 members (excludes halogenated alkanes) is 1. The predicted molar refractivity (Wildman–Crippen MR) is 59.8 cm³/mol. The molecule has 0 aromatic carbocycles. The van der Waals surface area contributed by atoms with Gasteiger partial charge in [0.15, 0.2) is 5.82 Å². The third-order valence-corrected chi connectivity index (χ3v) is 3.02. The molecule has 1 fully saturated rings. The number of piperidine rings is 1. The van der Waals surface area contributed by atoms with Crippen molar-refractivity contribution in [3.8, 4) is 0 Å². The van der Waals surface area contributed by atoms with Crippen LogP contribution in [0.5, 0.6) is 0 Å². The highest BCUT2D eigenvalue weighted by Gasteiger charge is 2.19. The first-order valence-electron chi connectivity index (χ1n) is 6.02. The van der Waals surface area contributed by atoms with E-state index in [0.29, 0.717) is 5.92 Å². The van der Waals surface area contributed by atoms with Crippen molar-refractivity contribution in [2.24, 2.45) is 0 Å². The van der Waals surface area contributed by atoms with E-state index in [2.05, 4.69) is 27.4 Å². The van der Waals surface area contributed by atoms with Gasteiger partial charge in [0.1, 0.15) is 5.82 Å². The lowest BCUT2D eigenvalue weighted by Crippen LogP contribution is -2.27. The lowest BCUT2D eigenvalue weighted by molar-refractivity contribution is 0.445. The minimum absolute atomic E-state index is 0.567. The van der Waals surface area contributed by atoms with Crippen molar-refractivity contribution >= 4 is 0 Å². The Balaban J connectivity index is 1.93. The highest BCUT2D eigenvalue weighted by molar-refractivity contribution is 4.99. The Labute approximate surface area is 90.9 Å². The number of nitrogens with one attached hydrogen (secondary N) is 2. The number of hydrogen-bond donors (Lipinski definition) is 2. The Hall–Kier alpha value is -0.900. The highest BCUT2D eigenvalue weighted by Crippen LogP contribution is 2.21. The van der Waals surface area contributed by atoms with Gasteiger partial charge in [-0.2, -0.15) is 5.10 Å². The van der Waals surface area contributed by atoms with E-state index in [1.54, 1.807) is 0 Å². The molecule has 2 rings (SSSR count). The van der Waals surface area contributed by atoms with Crippen molar-refractivity contribution in [3.05, 3.63) is 11.6 Å². The van der Waals surface area contributed by atoms with Crippen LogP contribution in [0.15, 0.2) is 0 Å². The molecule has 1 aromatic rings. The Morgan fingerprint density at radius 1 is 1.33 bits per heavy atom. The molecule has 0 amide bonds. The standard InChI is InChI=1S/C11H20N4/c1-2-3-4-10-13-11(15-14-10)9-5-7-12-8-6-9/h9,12H,2-8H2,1H3,(H,13,14,15). The third kappa shape index (κ3) is 2.78. The fourth-order valence-corrected chi connectivity index (χ4v) is 2.03. The monoisotopic (exact) mass is 208 g/mol. The topological polar surface area (TPSA) is 53.6 Å². The Bertz CT molecular complexity index is 289. The molecule has 0 bridgehead atoms. The minimum Gasteiger partial charge on any atom is -0.317 e. The molecular formula is C11H20N4. The van der Waals surface area contributed by atoms with Gasteiger partial charge in [-0.25, -0.2) is 4.98 Å². The van der Waals surface area contributed by atoms with Crippen molar-refractivity contribution in [2.45, 2.75) is 44.9 Å². The molecule has 4 nitrogen and oxygen atoms in total. The van der Waals surface area contributed by atoms with Crippen molar-refractivity contribution in [2.75, 3.05) is 13.1 Å². The number of nitrogens with zero attached hydrogens (tertiary/aromatic N) is 2. The summed E-state index contributed by atoms with van der Waals surface area (Å²) in [6.45, 7) is 4.40. The molecule has 1 aromatic heterocycles. The van der Waals surface area contributed by atoms with E-state index in [9.17, 15) is 0 Å². The average Bonchev–Trinajstić information content (AvgIpc) is 2.76. The maximum Gasteiger partial charge on any atom is 0.153 e. The van der Waals surface area contributed by atoms with Crippen LogP contribution in [0.2, 0.25) is 0 Å². The van der Waals surface area contributed by atoms with Crippen LogP contribution in [0, 0.1) is 0 Å². The Kier molecular flexibility index (Phi) is 3.72. The fraction of sp³-hybridized carbons (Fsp3) is 0.818. The van der Waals surface area contributed by atoms with Gasteiger partial charge < -0.3 is 5.32 Å². The smallest absolute Gasteiger partial charge is 0.153 e. The second kappa shape index (κ2) is 5.26. The van der Waals surface area contributed by atoms with Crippen molar-refractivity contribution in [1.82, 2.24) is 20.5 Å². The largest absolute Gasteiger partial charge is 0.317 e. The summed E-state index contributed by atoms with van der Waals surface area (Å²) in [5, 5.41) is 10.7. The molecule has 0 atom stereocenters. The first-order valence-corrected chi connectivity index (χ1v) is 6.02. The van der Waals surface area contributed by atoms with Crippen LogP contribution >= 0.6 is 0 Å². The second-order valence-electron chi connectivity index (χ2n) is 4.27. The lowest BCUT2D eigenvalue weighted by Gasteiger charge is -2.19. The number of H-pyrrole nitrogens is 1. The second-order valence-corrected chi connectivity index (χ2v) is 4.27. The molecule has 0 unspecified atom stereocenters. The van der Waals surface area contributed by atoms with Gasteiger partial charge in [0.25, 0.3) is 0 Å². The summed E-state index contributed by atoms with van der Waals surface area (Å²) < 4.78 is 0. The van der Waals surface area contributed by atoms with Gasteiger partial charge in [0.05, 0.1) is 0 Å². The van der Waals surface area contributed by atoms with Crippen LogP contribution in [0.3, 0.4) is 0 Å². The van der Waals surface area contributed by atoms with E-state index in [-0.39, 0.29) is 0 Å². The van der Waals surface area contributed by atoms with Crippen LogP contribution in [0.1, 0.15) is 50.2 Å². The van der Waals surface area contributed by atoms with Gasteiger partial charge in [0.2, 0.25) is 0 Å². The summed E-state index contributed by atoms with van der Waals surface area (Å²) >= 11 is 0. The van der Waals surface area contributed by atoms with E-state index in [4.69, 9.17) is 0 Å². The zero-order chi connectivity index (χ0) is 10.5. The highest BCUT2D eigenvalue weighted by atomic mass is 15.2. The number of aromatic nitrogens is 3. The third-order valence-electron chi connectivity index (χ3n) is 3.02. The summed E-state index contributed by atoms with van der Waals surface area (Å²) in [4.78, 5) is 4.58. The maximum atomic E-state index is 4.58. The summed E-state index contributed by atoms with van der Waals surface area (Å²) in [7, 11) is 0. The Morgan fingerprint density at radius 3 is 2.87 bits per heavy atom. The van der Waals surface area contributed by atoms with Gasteiger partial charge in [-0.3, -0.25) is 5.10 Å². The van der Waals surface area contributed by atoms with Crippen molar-refractivity contribution in [3.63, 3.8) is 0 Å². The normalized spacial score (nSPS) is 18.2. The van der Waals surface area contributed by atoms with E-state index in [1.807, 2.05) is 0 Å². The van der Waals surface area contributed by atoms with E-state index in [0.717, 1.165) is 31.2 Å². The summed E-state index contributed by atoms with van der Waals surface area (Å²) in [5.74, 6) is 2.66. The minimum atomic E-state index is 0.567. The molecule has 1 aliphatic heterocycles. The van der Waals surface area contributed by atoms with Crippen LogP contribution in [0.4, 0.5) is 0 Å². The number of aromatic amines is 1. The maximum absolute atomic E-state index is 4.58. The van der Waals surface area contributed by atoms with Crippen LogP contribution in [-0.2, 0) is 6.42 Å². The predicted octanol–water partition coefficient (Wildman–Crippen LogP) is 1.61. The molecule has 1 saturated heterocycles. The molecule has 0 aliphatic carbocycles. The molecule has 0 spiro atoms. The molecule has 0 saturated carbocycles. The van der Waals surface area contributed by atoms with Crippen molar-refractivity contribution in [1.29, 1.82) is 0 Å². The van der Waals surface area contributed by atoms with E-state index < -0.39 is 0 Å².